The monoisotopic (exact) mass is 214 g/mol. The first-order chi connectivity index (χ1) is 7.16. The Hall–Kier alpha value is -0.150. The van der Waals surface area contributed by atoms with Crippen molar-refractivity contribution in [3.8, 4) is 0 Å². The average Bonchev–Trinajstić information content (AvgIpc) is 2.66. The molecule has 3 heteroatoms. The Morgan fingerprint density at radius 2 is 1.93 bits per heavy atom. The zero-order valence-electron chi connectivity index (χ0n) is 9.95. The highest BCUT2D eigenvalue weighted by atomic mass is 19.1. The lowest BCUT2D eigenvalue weighted by Crippen LogP contribution is -2.45. The summed E-state index contributed by atoms with van der Waals surface area (Å²) in [6.45, 7) is 8.61. The van der Waals surface area contributed by atoms with Crippen LogP contribution in [0.25, 0.3) is 0 Å². The minimum atomic E-state index is -0.577. The van der Waals surface area contributed by atoms with Crippen molar-refractivity contribution in [1.29, 1.82) is 0 Å². The van der Waals surface area contributed by atoms with Crippen LogP contribution in [0, 0.1) is 0 Å². The fourth-order valence-corrected chi connectivity index (χ4v) is 2.82. The number of halogens is 1. The van der Waals surface area contributed by atoms with Crippen LogP contribution < -0.4 is 0 Å². The minimum absolute atomic E-state index is 0.577. The van der Waals surface area contributed by atoms with Crippen LogP contribution in [0.15, 0.2) is 0 Å². The van der Waals surface area contributed by atoms with Crippen LogP contribution in [0.2, 0.25) is 0 Å². The fraction of sp³-hybridized carbons (Fsp3) is 1.00. The number of piperidine rings is 1. The first kappa shape index (κ1) is 11.3. The van der Waals surface area contributed by atoms with Gasteiger partial charge in [0, 0.05) is 31.7 Å². The molecule has 2 aliphatic heterocycles. The lowest BCUT2D eigenvalue weighted by Gasteiger charge is -2.34. The molecule has 0 amide bonds. The van der Waals surface area contributed by atoms with E-state index in [1.165, 1.54) is 13.0 Å². The Morgan fingerprint density at radius 3 is 2.53 bits per heavy atom. The van der Waals surface area contributed by atoms with Crippen LogP contribution in [-0.2, 0) is 0 Å². The van der Waals surface area contributed by atoms with Gasteiger partial charge in [-0.1, -0.05) is 0 Å². The number of likely N-dealkylation sites (tertiary alicyclic amines) is 2. The Kier molecular flexibility index (Phi) is 3.62. The van der Waals surface area contributed by atoms with Gasteiger partial charge in [-0.3, -0.25) is 9.80 Å². The lowest BCUT2D eigenvalue weighted by atomic mass is 10.1. The molecule has 2 saturated heterocycles. The molecule has 2 nitrogen and oxygen atoms in total. The van der Waals surface area contributed by atoms with E-state index in [4.69, 9.17) is 0 Å². The fourth-order valence-electron chi connectivity index (χ4n) is 2.82. The third kappa shape index (κ3) is 2.70. The zero-order chi connectivity index (χ0) is 10.8. The minimum Gasteiger partial charge on any atom is -0.299 e. The van der Waals surface area contributed by atoms with Crippen molar-refractivity contribution in [3.63, 3.8) is 0 Å². The number of hydrogen-bond acceptors (Lipinski definition) is 2. The Bertz CT molecular complexity index is 208. The Balaban J connectivity index is 1.84. The molecular formula is C12H23FN2. The summed E-state index contributed by atoms with van der Waals surface area (Å²) in [5.41, 5.74) is 0. The molecule has 2 atom stereocenters. The van der Waals surface area contributed by atoms with E-state index < -0.39 is 6.17 Å². The van der Waals surface area contributed by atoms with Crippen LogP contribution in [0.4, 0.5) is 4.39 Å². The highest BCUT2D eigenvalue weighted by Crippen LogP contribution is 2.22. The third-order valence-electron chi connectivity index (χ3n) is 3.84. The van der Waals surface area contributed by atoms with E-state index in [1.807, 2.05) is 0 Å². The van der Waals surface area contributed by atoms with Crippen LogP contribution in [0.5, 0.6) is 0 Å². The SMILES string of the molecule is CC(C)N1CCC(N2CCCC(F)C2)C1. The first-order valence-corrected chi connectivity index (χ1v) is 6.29. The van der Waals surface area contributed by atoms with Crippen molar-refractivity contribution in [2.45, 2.75) is 51.4 Å². The smallest absolute Gasteiger partial charge is 0.113 e. The molecule has 0 radical (unpaired) electrons. The van der Waals surface area contributed by atoms with Gasteiger partial charge in [0.15, 0.2) is 0 Å². The molecule has 2 rings (SSSR count). The highest BCUT2D eigenvalue weighted by molar-refractivity contribution is 4.87. The van der Waals surface area contributed by atoms with Gasteiger partial charge in [0.1, 0.15) is 6.17 Å². The summed E-state index contributed by atoms with van der Waals surface area (Å²) in [4.78, 5) is 4.88. The molecule has 2 unspecified atom stereocenters. The average molecular weight is 214 g/mol. The van der Waals surface area contributed by atoms with Gasteiger partial charge in [-0.15, -0.1) is 0 Å². The summed E-state index contributed by atoms with van der Waals surface area (Å²) in [7, 11) is 0. The van der Waals surface area contributed by atoms with Crippen LogP contribution >= 0.6 is 0 Å². The van der Waals surface area contributed by atoms with Crippen molar-refractivity contribution in [2.24, 2.45) is 0 Å². The van der Waals surface area contributed by atoms with Crippen LogP contribution in [0.3, 0.4) is 0 Å². The molecule has 0 aromatic carbocycles. The quantitative estimate of drug-likeness (QED) is 0.693. The van der Waals surface area contributed by atoms with Gasteiger partial charge in [-0.2, -0.15) is 0 Å². The summed E-state index contributed by atoms with van der Waals surface area (Å²) in [6, 6.07) is 1.26. The number of rotatable bonds is 2. The lowest BCUT2D eigenvalue weighted by molar-refractivity contribution is 0.0981. The van der Waals surface area contributed by atoms with Gasteiger partial charge in [-0.05, 0) is 39.7 Å². The molecule has 0 aromatic heterocycles. The molecule has 15 heavy (non-hydrogen) atoms. The summed E-state index contributed by atoms with van der Waals surface area (Å²) in [5, 5.41) is 0. The Labute approximate surface area is 92.4 Å². The standard InChI is InChI=1S/C12H23FN2/c1-10(2)14-7-5-12(9-14)15-6-3-4-11(13)8-15/h10-12H,3-9H2,1-2H3. The van der Waals surface area contributed by atoms with Crippen molar-refractivity contribution in [2.75, 3.05) is 26.2 Å². The van der Waals surface area contributed by atoms with Gasteiger partial charge in [0.2, 0.25) is 0 Å². The second-order valence-corrected chi connectivity index (χ2v) is 5.27. The summed E-state index contributed by atoms with van der Waals surface area (Å²) in [6.07, 6.45) is 2.47. The second kappa shape index (κ2) is 4.79. The maximum absolute atomic E-state index is 13.3. The van der Waals surface area contributed by atoms with E-state index in [0.29, 0.717) is 18.6 Å². The largest absolute Gasteiger partial charge is 0.299 e. The van der Waals surface area contributed by atoms with Crippen molar-refractivity contribution < 1.29 is 4.39 Å². The van der Waals surface area contributed by atoms with Crippen molar-refractivity contribution in [1.82, 2.24) is 9.80 Å². The molecule has 0 spiro atoms. The van der Waals surface area contributed by atoms with E-state index in [2.05, 4.69) is 23.6 Å². The van der Waals surface area contributed by atoms with Gasteiger partial charge < -0.3 is 0 Å². The van der Waals surface area contributed by atoms with E-state index in [9.17, 15) is 4.39 Å². The molecule has 2 heterocycles. The molecule has 2 aliphatic rings. The van der Waals surface area contributed by atoms with Gasteiger partial charge in [0.25, 0.3) is 0 Å². The van der Waals surface area contributed by atoms with E-state index in [-0.39, 0.29) is 0 Å². The summed E-state index contributed by atoms with van der Waals surface area (Å²) >= 11 is 0. The van der Waals surface area contributed by atoms with E-state index >= 15 is 0 Å². The highest BCUT2D eigenvalue weighted by Gasteiger charge is 2.31. The predicted molar refractivity (Wildman–Crippen MR) is 60.8 cm³/mol. The van der Waals surface area contributed by atoms with Crippen LogP contribution in [-0.4, -0.2) is 54.2 Å². The van der Waals surface area contributed by atoms with Gasteiger partial charge in [0.05, 0.1) is 0 Å². The maximum atomic E-state index is 13.3. The van der Waals surface area contributed by atoms with Gasteiger partial charge >= 0.3 is 0 Å². The Morgan fingerprint density at radius 1 is 1.13 bits per heavy atom. The van der Waals surface area contributed by atoms with Crippen molar-refractivity contribution >= 4 is 0 Å². The number of nitrogens with zero attached hydrogens (tertiary/aromatic N) is 2. The number of alkyl halides is 1. The molecular weight excluding hydrogens is 191 g/mol. The second-order valence-electron chi connectivity index (χ2n) is 5.27. The molecule has 0 N–H and O–H groups in total. The molecule has 88 valence electrons. The van der Waals surface area contributed by atoms with E-state index in [1.54, 1.807) is 0 Å². The topological polar surface area (TPSA) is 6.48 Å². The predicted octanol–water partition coefficient (Wildman–Crippen LogP) is 1.90. The van der Waals surface area contributed by atoms with E-state index in [0.717, 1.165) is 25.9 Å². The zero-order valence-corrected chi connectivity index (χ0v) is 9.95. The van der Waals surface area contributed by atoms with Crippen LogP contribution in [0.1, 0.15) is 33.1 Å². The van der Waals surface area contributed by atoms with Crippen molar-refractivity contribution in [3.05, 3.63) is 0 Å². The molecule has 0 aliphatic carbocycles. The molecule has 0 saturated carbocycles. The summed E-state index contributed by atoms with van der Waals surface area (Å²) in [5.74, 6) is 0. The number of hydrogen-bond donors (Lipinski definition) is 0. The first-order valence-electron chi connectivity index (χ1n) is 6.29. The van der Waals surface area contributed by atoms with Gasteiger partial charge in [-0.25, -0.2) is 4.39 Å². The molecule has 0 aromatic rings. The summed E-state index contributed by atoms with van der Waals surface area (Å²) < 4.78 is 13.3. The third-order valence-corrected chi connectivity index (χ3v) is 3.84. The molecule has 0 bridgehead atoms. The maximum Gasteiger partial charge on any atom is 0.113 e. The molecule has 2 fully saturated rings. The normalized spacial score (nSPS) is 35.2.